The minimum Gasteiger partial charge on any atom is -0.488 e. The van der Waals surface area contributed by atoms with Crippen molar-refractivity contribution in [1.29, 1.82) is 0 Å². The van der Waals surface area contributed by atoms with E-state index in [1.165, 1.54) is 0 Å². The Morgan fingerprint density at radius 2 is 1.59 bits per heavy atom. The summed E-state index contributed by atoms with van der Waals surface area (Å²) in [5, 5.41) is 5.53. The molecular formula is C20H14BrCl4NO. The molecule has 7 heteroatoms. The van der Waals surface area contributed by atoms with E-state index in [4.69, 9.17) is 51.1 Å². The number of benzene rings is 3. The molecule has 3 rings (SSSR count). The van der Waals surface area contributed by atoms with Crippen LogP contribution in [-0.4, -0.2) is 0 Å². The van der Waals surface area contributed by atoms with Crippen molar-refractivity contribution >= 4 is 68.0 Å². The molecule has 0 unspecified atom stereocenters. The lowest BCUT2D eigenvalue weighted by Crippen LogP contribution is -2.04. The van der Waals surface area contributed by atoms with Crippen LogP contribution in [0.3, 0.4) is 0 Å². The van der Waals surface area contributed by atoms with Crippen LogP contribution in [0.4, 0.5) is 5.69 Å². The van der Waals surface area contributed by atoms with Crippen molar-refractivity contribution in [2.24, 2.45) is 0 Å². The number of ether oxygens (including phenoxy) is 1. The molecule has 0 amide bonds. The van der Waals surface area contributed by atoms with Crippen molar-refractivity contribution in [3.8, 4) is 5.75 Å². The van der Waals surface area contributed by atoms with Crippen LogP contribution in [0.15, 0.2) is 59.1 Å². The van der Waals surface area contributed by atoms with Gasteiger partial charge in [-0.2, -0.15) is 0 Å². The van der Waals surface area contributed by atoms with Crippen LogP contribution < -0.4 is 10.1 Å². The zero-order chi connectivity index (χ0) is 19.4. The molecule has 0 aliphatic rings. The molecule has 0 atom stereocenters. The van der Waals surface area contributed by atoms with Crippen LogP contribution in [0.1, 0.15) is 11.1 Å². The van der Waals surface area contributed by atoms with E-state index >= 15 is 0 Å². The number of hydrogen-bond donors (Lipinski definition) is 1. The van der Waals surface area contributed by atoms with Crippen molar-refractivity contribution in [2.45, 2.75) is 13.2 Å². The van der Waals surface area contributed by atoms with Gasteiger partial charge in [0.15, 0.2) is 0 Å². The fourth-order valence-electron chi connectivity index (χ4n) is 2.42. The van der Waals surface area contributed by atoms with Gasteiger partial charge in [-0.1, -0.05) is 68.4 Å². The summed E-state index contributed by atoms with van der Waals surface area (Å²) in [5.41, 5.74) is 2.73. The largest absolute Gasteiger partial charge is 0.488 e. The average Bonchev–Trinajstić information content (AvgIpc) is 2.63. The third-order valence-electron chi connectivity index (χ3n) is 3.82. The predicted molar refractivity (Wildman–Crippen MR) is 119 cm³/mol. The van der Waals surface area contributed by atoms with Gasteiger partial charge >= 0.3 is 0 Å². The molecule has 1 N–H and O–H groups in total. The minimum absolute atomic E-state index is 0.345. The smallest absolute Gasteiger partial charge is 0.124 e. The highest BCUT2D eigenvalue weighted by Gasteiger charge is 2.08. The monoisotopic (exact) mass is 503 g/mol. The lowest BCUT2D eigenvalue weighted by molar-refractivity contribution is 0.303. The number of hydrogen-bond acceptors (Lipinski definition) is 2. The number of rotatable bonds is 6. The van der Waals surface area contributed by atoms with Crippen molar-refractivity contribution in [1.82, 2.24) is 0 Å². The first kappa shape index (κ1) is 20.6. The summed E-state index contributed by atoms with van der Waals surface area (Å²) in [4.78, 5) is 0. The van der Waals surface area contributed by atoms with E-state index in [9.17, 15) is 0 Å². The first-order chi connectivity index (χ1) is 12.9. The maximum absolute atomic E-state index is 6.22. The molecule has 0 fully saturated rings. The Kier molecular flexibility index (Phi) is 7.18. The summed E-state index contributed by atoms with van der Waals surface area (Å²) in [6.07, 6.45) is 0. The lowest BCUT2D eigenvalue weighted by Gasteiger charge is -2.14. The van der Waals surface area contributed by atoms with Gasteiger partial charge in [-0.3, -0.25) is 0 Å². The summed E-state index contributed by atoms with van der Waals surface area (Å²) in [6.45, 7) is 0.901. The van der Waals surface area contributed by atoms with Gasteiger partial charge in [-0.05, 0) is 48.5 Å². The van der Waals surface area contributed by atoms with E-state index in [1.807, 2.05) is 30.3 Å². The molecule has 0 spiro atoms. The number of anilines is 1. The highest BCUT2D eigenvalue weighted by atomic mass is 79.9. The molecule has 3 aromatic rings. The second-order valence-electron chi connectivity index (χ2n) is 5.76. The van der Waals surface area contributed by atoms with Crippen LogP contribution >= 0.6 is 62.3 Å². The second-order valence-corrected chi connectivity index (χ2v) is 8.33. The topological polar surface area (TPSA) is 21.3 Å². The molecule has 0 heterocycles. The molecule has 0 aliphatic carbocycles. The molecule has 0 aliphatic heterocycles. The van der Waals surface area contributed by atoms with Crippen LogP contribution in [0, 0.1) is 0 Å². The molecule has 27 heavy (non-hydrogen) atoms. The third-order valence-corrected chi connectivity index (χ3v) is 5.64. The zero-order valence-electron chi connectivity index (χ0n) is 13.9. The van der Waals surface area contributed by atoms with E-state index in [0.717, 1.165) is 27.0 Å². The first-order valence-electron chi connectivity index (χ1n) is 7.96. The lowest BCUT2D eigenvalue weighted by atomic mass is 10.2. The van der Waals surface area contributed by atoms with Crippen LogP contribution in [0.25, 0.3) is 0 Å². The van der Waals surface area contributed by atoms with E-state index in [-0.39, 0.29) is 0 Å². The van der Waals surface area contributed by atoms with Gasteiger partial charge in [0.05, 0.1) is 10.0 Å². The summed E-state index contributed by atoms with van der Waals surface area (Å²) < 4.78 is 6.96. The quantitative estimate of drug-likeness (QED) is 0.364. The molecule has 0 radical (unpaired) electrons. The van der Waals surface area contributed by atoms with Gasteiger partial charge in [0.1, 0.15) is 12.4 Å². The highest BCUT2D eigenvalue weighted by molar-refractivity contribution is 9.10. The molecule has 2 nitrogen and oxygen atoms in total. The van der Waals surface area contributed by atoms with Gasteiger partial charge in [0.25, 0.3) is 0 Å². The fourth-order valence-corrected chi connectivity index (χ4v) is 3.59. The summed E-state index contributed by atoms with van der Waals surface area (Å²) >= 11 is 27.7. The molecule has 3 aromatic carbocycles. The Balaban J connectivity index is 1.73. The van der Waals surface area contributed by atoms with Crippen LogP contribution in [0.2, 0.25) is 20.1 Å². The fraction of sp³-hybridized carbons (Fsp3) is 0.100. The maximum atomic E-state index is 6.22. The summed E-state index contributed by atoms with van der Waals surface area (Å²) in [5.74, 6) is 0.761. The number of nitrogens with one attached hydrogen (secondary N) is 1. The third kappa shape index (κ3) is 5.69. The van der Waals surface area contributed by atoms with E-state index in [2.05, 4.69) is 21.2 Å². The van der Waals surface area contributed by atoms with Gasteiger partial charge in [-0.25, -0.2) is 0 Å². The maximum Gasteiger partial charge on any atom is 0.124 e. The van der Waals surface area contributed by atoms with E-state index in [0.29, 0.717) is 33.2 Å². The van der Waals surface area contributed by atoms with Gasteiger partial charge in [-0.15, -0.1) is 0 Å². The SMILES string of the molecule is Clc1ccc(COc2ccc(Br)cc2CNc2ccc(Cl)c(Cl)c2)c(Cl)c1. The molecule has 0 saturated heterocycles. The number of halogens is 5. The normalized spacial score (nSPS) is 10.7. The Labute approximate surface area is 186 Å². The van der Waals surface area contributed by atoms with Crippen molar-refractivity contribution < 1.29 is 4.74 Å². The summed E-state index contributed by atoms with van der Waals surface area (Å²) in [6, 6.07) is 16.6. The average molecular weight is 506 g/mol. The van der Waals surface area contributed by atoms with E-state index in [1.54, 1.807) is 24.3 Å². The molecule has 140 valence electrons. The minimum atomic E-state index is 0.345. The predicted octanol–water partition coefficient (Wildman–Crippen LogP) is 8.25. The Morgan fingerprint density at radius 1 is 0.778 bits per heavy atom. The molecular weight excluding hydrogens is 492 g/mol. The standard InChI is InChI=1S/C20H14BrCl4NO/c21-14-2-6-20(27-11-12-1-3-15(22)8-18(12)24)13(7-14)10-26-16-4-5-17(23)19(25)9-16/h1-9,26H,10-11H2. The van der Waals surface area contributed by atoms with Gasteiger partial charge in [0, 0.05) is 37.9 Å². The van der Waals surface area contributed by atoms with Gasteiger partial charge < -0.3 is 10.1 Å². The van der Waals surface area contributed by atoms with Crippen molar-refractivity contribution in [2.75, 3.05) is 5.32 Å². The molecule has 0 aromatic heterocycles. The Hall–Kier alpha value is -1.10. The van der Waals surface area contributed by atoms with Gasteiger partial charge in [0.2, 0.25) is 0 Å². The van der Waals surface area contributed by atoms with Crippen molar-refractivity contribution in [3.63, 3.8) is 0 Å². The second kappa shape index (κ2) is 9.40. The molecule has 0 bridgehead atoms. The highest BCUT2D eigenvalue weighted by Crippen LogP contribution is 2.29. The Bertz CT molecular complexity index is 965. The molecule has 0 saturated carbocycles. The van der Waals surface area contributed by atoms with E-state index < -0.39 is 0 Å². The zero-order valence-corrected chi connectivity index (χ0v) is 18.5. The van der Waals surface area contributed by atoms with Crippen molar-refractivity contribution in [3.05, 3.63) is 90.3 Å². The summed E-state index contributed by atoms with van der Waals surface area (Å²) in [7, 11) is 0. The van der Waals surface area contributed by atoms with Crippen LogP contribution in [0.5, 0.6) is 5.75 Å². The Morgan fingerprint density at radius 3 is 2.33 bits per heavy atom. The first-order valence-corrected chi connectivity index (χ1v) is 10.3. The van der Waals surface area contributed by atoms with Crippen LogP contribution in [-0.2, 0) is 13.2 Å².